The first-order valence-corrected chi connectivity index (χ1v) is 6.07. The zero-order valence-electron chi connectivity index (χ0n) is 11.3. The monoisotopic (exact) mass is 290 g/mol. The second kappa shape index (κ2) is 7.14. The molecule has 4 nitrogen and oxygen atoms in total. The lowest BCUT2D eigenvalue weighted by Gasteiger charge is -2.14. The quantitative estimate of drug-likeness (QED) is 0.846. The molecule has 0 unspecified atom stereocenters. The van der Waals surface area contributed by atoms with Crippen LogP contribution in [0.4, 0.5) is 18.9 Å². The largest absolute Gasteiger partial charge is 0.484 e. The number of nitrogens with one attached hydrogen (secondary N) is 2. The molecule has 20 heavy (non-hydrogen) atoms. The molecule has 0 aliphatic rings. The van der Waals surface area contributed by atoms with E-state index < -0.39 is 12.8 Å². The van der Waals surface area contributed by atoms with Crippen LogP contribution in [0.1, 0.15) is 12.0 Å². The van der Waals surface area contributed by atoms with E-state index in [2.05, 4.69) is 10.6 Å². The lowest BCUT2D eigenvalue weighted by molar-refractivity contribution is -0.153. The van der Waals surface area contributed by atoms with Crippen LogP contribution in [0.5, 0.6) is 5.75 Å². The average molecular weight is 290 g/mol. The second-order valence-corrected chi connectivity index (χ2v) is 4.23. The predicted octanol–water partition coefficient (Wildman–Crippen LogP) is 2.48. The maximum absolute atomic E-state index is 12.1. The minimum atomic E-state index is -4.39. The summed E-state index contributed by atoms with van der Waals surface area (Å²) in [4.78, 5) is 11.6. The Morgan fingerprint density at radius 1 is 1.35 bits per heavy atom. The van der Waals surface area contributed by atoms with Crippen LogP contribution in [0.15, 0.2) is 18.2 Å². The van der Waals surface area contributed by atoms with E-state index in [0.29, 0.717) is 17.8 Å². The van der Waals surface area contributed by atoms with Gasteiger partial charge in [-0.1, -0.05) is 6.07 Å². The van der Waals surface area contributed by atoms with E-state index in [0.717, 1.165) is 0 Å². The molecule has 7 heteroatoms. The smallest absolute Gasteiger partial charge is 0.422 e. The molecular formula is C13H17F3N2O2. The van der Waals surface area contributed by atoms with Crippen LogP contribution in [0.2, 0.25) is 0 Å². The number of alkyl halides is 3. The van der Waals surface area contributed by atoms with E-state index in [-0.39, 0.29) is 18.1 Å². The zero-order chi connectivity index (χ0) is 15.2. The van der Waals surface area contributed by atoms with E-state index in [1.54, 1.807) is 20.0 Å². The van der Waals surface area contributed by atoms with Crippen LogP contribution >= 0.6 is 0 Å². The minimum absolute atomic E-state index is 0.105. The first kappa shape index (κ1) is 16.3. The molecule has 1 aromatic carbocycles. The fourth-order valence-electron chi connectivity index (χ4n) is 1.52. The number of carbonyl (C=O) groups excluding carboxylic acids is 1. The Kier molecular flexibility index (Phi) is 5.82. The lowest BCUT2D eigenvalue weighted by Crippen LogP contribution is -2.21. The van der Waals surface area contributed by atoms with Gasteiger partial charge in [-0.25, -0.2) is 0 Å². The Morgan fingerprint density at radius 3 is 2.65 bits per heavy atom. The van der Waals surface area contributed by atoms with E-state index in [4.69, 9.17) is 4.74 Å². The number of ether oxygens (including phenoxy) is 1. The summed E-state index contributed by atoms with van der Waals surface area (Å²) < 4.78 is 41.1. The SMILES string of the molecule is CNCCC(=O)Nc1cccc(OCC(F)(F)F)c1C. The van der Waals surface area contributed by atoms with Gasteiger partial charge in [0.15, 0.2) is 6.61 Å². The molecule has 0 saturated heterocycles. The highest BCUT2D eigenvalue weighted by Crippen LogP contribution is 2.27. The minimum Gasteiger partial charge on any atom is -0.484 e. The van der Waals surface area contributed by atoms with Crippen LogP contribution in [0, 0.1) is 6.92 Å². The summed E-state index contributed by atoms with van der Waals surface area (Å²) in [5.41, 5.74) is 0.917. The second-order valence-electron chi connectivity index (χ2n) is 4.23. The topological polar surface area (TPSA) is 50.4 Å². The summed E-state index contributed by atoms with van der Waals surface area (Å²) in [5, 5.41) is 5.48. The molecule has 0 bridgehead atoms. The number of halogens is 3. The van der Waals surface area contributed by atoms with Crippen molar-refractivity contribution < 1.29 is 22.7 Å². The fraction of sp³-hybridized carbons (Fsp3) is 0.462. The highest BCUT2D eigenvalue weighted by molar-refractivity contribution is 5.91. The van der Waals surface area contributed by atoms with Crippen molar-refractivity contribution in [3.8, 4) is 5.75 Å². The van der Waals surface area contributed by atoms with E-state index in [1.165, 1.54) is 12.1 Å². The van der Waals surface area contributed by atoms with Gasteiger partial charge in [-0.05, 0) is 26.1 Å². The number of benzene rings is 1. The summed E-state index contributed by atoms with van der Waals surface area (Å²) in [7, 11) is 1.73. The first-order chi connectivity index (χ1) is 9.33. The van der Waals surface area contributed by atoms with Crippen LogP contribution in [0.3, 0.4) is 0 Å². The molecule has 0 aliphatic carbocycles. The Hall–Kier alpha value is -1.76. The van der Waals surface area contributed by atoms with Crippen molar-refractivity contribution in [1.29, 1.82) is 0 Å². The average Bonchev–Trinajstić information content (AvgIpc) is 2.36. The number of carbonyl (C=O) groups is 1. The first-order valence-electron chi connectivity index (χ1n) is 6.07. The van der Waals surface area contributed by atoms with Crippen molar-refractivity contribution in [1.82, 2.24) is 5.32 Å². The van der Waals surface area contributed by atoms with Gasteiger partial charge in [-0.2, -0.15) is 13.2 Å². The van der Waals surface area contributed by atoms with Gasteiger partial charge < -0.3 is 15.4 Å². The van der Waals surface area contributed by atoms with E-state index in [1.807, 2.05) is 0 Å². The van der Waals surface area contributed by atoms with Gasteiger partial charge in [0, 0.05) is 24.2 Å². The number of hydrogen-bond donors (Lipinski definition) is 2. The third kappa shape index (κ3) is 5.48. The highest BCUT2D eigenvalue weighted by Gasteiger charge is 2.28. The fourth-order valence-corrected chi connectivity index (χ4v) is 1.52. The molecule has 0 aromatic heterocycles. The van der Waals surface area contributed by atoms with Gasteiger partial charge in [0.1, 0.15) is 5.75 Å². The van der Waals surface area contributed by atoms with E-state index >= 15 is 0 Å². The Labute approximate surface area is 115 Å². The third-order valence-corrected chi connectivity index (χ3v) is 2.55. The summed E-state index contributed by atoms with van der Waals surface area (Å²) in [5.74, 6) is -0.107. The van der Waals surface area contributed by atoms with Gasteiger partial charge in [0.05, 0.1) is 0 Å². The third-order valence-electron chi connectivity index (χ3n) is 2.55. The molecule has 0 heterocycles. The standard InChI is InChI=1S/C13H17F3N2O2/c1-9-10(18-12(19)6-7-17-2)4-3-5-11(9)20-8-13(14,15)16/h3-5,17H,6-8H2,1-2H3,(H,18,19). The molecule has 0 saturated carbocycles. The van der Waals surface area contributed by atoms with Gasteiger partial charge in [-0.15, -0.1) is 0 Å². The molecule has 0 spiro atoms. The molecule has 1 amide bonds. The van der Waals surface area contributed by atoms with Crippen LogP contribution < -0.4 is 15.4 Å². The van der Waals surface area contributed by atoms with Crippen molar-refractivity contribution >= 4 is 11.6 Å². The van der Waals surface area contributed by atoms with E-state index in [9.17, 15) is 18.0 Å². The summed E-state index contributed by atoms with van der Waals surface area (Å²) >= 11 is 0. The number of rotatable bonds is 6. The number of hydrogen-bond acceptors (Lipinski definition) is 3. The van der Waals surface area contributed by atoms with Gasteiger partial charge in [0.2, 0.25) is 5.91 Å². The number of amides is 1. The summed E-state index contributed by atoms with van der Waals surface area (Å²) in [6.07, 6.45) is -4.11. The molecule has 0 atom stereocenters. The molecule has 0 aliphatic heterocycles. The molecule has 1 aromatic rings. The molecule has 112 valence electrons. The van der Waals surface area contributed by atoms with Crippen molar-refractivity contribution in [2.75, 3.05) is 25.5 Å². The van der Waals surface area contributed by atoms with Crippen molar-refractivity contribution in [3.05, 3.63) is 23.8 Å². The summed E-state index contributed by atoms with van der Waals surface area (Å²) in [6.45, 7) is 0.763. The van der Waals surface area contributed by atoms with Gasteiger partial charge in [0.25, 0.3) is 0 Å². The maximum atomic E-state index is 12.1. The van der Waals surface area contributed by atoms with Crippen molar-refractivity contribution in [2.45, 2.75) is 19.5 Å². The molecule has 2 N–H and O–H groups in total. The van der Waals surface area contributed by atoms with Gasteiger partial charge in [-0.3, -0.25) is 4.79 Å². The molecule has 1 rings (SSSR count). The van der Waals surface area contributed by atoms with Crippen LogP contribution in [-0.4, -0.2) is 32.3 Å². The highest BCUT2D eigenvalue weighted by atomic mass is 19.4. The van der Waals surface area contributed by atoms with Crippen molar-refractivity contribution in [2.24, 2.45) is 0 Å². The Balaban J connectivity index is 2.72. The Morgan fingerprint density at radius 2 is 2.05 bits per heavy atom. The van der Waals surface area contributed by atoms with Crippen LogP contribution in [-0.2, 0) is 4.79 Å². The van der Waals surface area contributed by atoms with Gasteiger partial charge >= 0.3 is 6.18 Å². The van der Waals surface area contributed by atoms with Crippen LogP contribution in [0.25, 0.3) is 0 Å². The normalized spacial score (nSPS) is 11.2. The molecule has 0 radical (unpaired) electrons. The number of anilines is 1. The Bertz CT molecular complexity index is 461. The zero-order valence-corrected chi connectivity index (χ0v) is 11.3. The summed E-state index contributed by atoms with van der Waals surface area (Å²) in [6, 6.07) is 4.59. The lowest BCUT2D eigenvalue weighted by atomic mass is 10.1. The molecular weight excluding hydrogens is 273 g/mol. The molecule has 0 fully saturated rings. The van der Waals surface area contributed by atoms with Crippen molar-refractivity contribution in [3.63, 3.8) is 0 Å². The maximum Gasteiger partial charge on any atom is 0.422 e. The predicted molar refractivity (Wildman–Crippen MR) is 69.9 cm³/mol.